The Bertz CT molecular complexity index is 1360. The summed E-state index contributed by atoms with van der Waals surface area (Å²) in [6.45, 7) is 1.09. The fraction of sp³-hybridized carbons (Fsp3) is 0.273. The van der Waals surface area contributed by atoms with Crippen molar-refractivity contribution in [2.75, 3.05) is 4.72 Å². The van der Waals surface area contributed by atoms with E-state index in [9.17, 15) is 21.6 Å². The quantitative estimate of drug-likeness (QED) is 0.525. The molecule has 1 fully saturated rings. The van der Waals surface area contributed by atoms with E-state index in [1.165, 1.54) is 24.3 Å². The van der Waals surface area contributed by atoms with Crippen LogP contribution in [0.4, 0.5) is 5.69 Å². The molecule has 33 heavy (non-hydrogen) atoms. The van der Waals surface area contributed by atoms with E-state index in [1.807, 2.05) is 35.1 Å². The summed E-state index contributed by atoms with van der Waals surface area (Å²) in [4.78, 5) is 11.0. The van der Waals surface area contributed by atoms with E-state index in [2.05, 4.69) is 9.82 Å². The Hall–Kier alpha value is -3.18. The molecule has 1 aromatic heterocycles. The predicted molar refractivity (Wildman–Crippen MR) is 123 cm³/mol. The van der Waals surface area contributed by atoms with Gasteiger partial charge in [0.1, 0.15) is 10.6 Å². The van der Waals surface area contributed by atoms with E-state index < -0.39 is 26.0 Å². The molecule has 0 spiro atoms. The zero-order chi connectivity index (χ0) is 23.6. The highest BCUT2D eigenvalue weighted by Gasteiger charge is 2.27. The average molecular weight is 489 g/mol. The van der Waals surface area contributed by atoms with Gasteiger partial charge >= 0.3 is 0 Å². The molecule has 1 saturated carbocycles. The Labute approximate surface area is 192 Å². The minimum atomic E-state index is -4.02. The Morgan fingerprint density at radius 1 is 0.939 bits per heavy atom. The number of hydrogen-bond donors (Lipinski definition) is 2. The van der Waals surface area contributed by atoms with Crippen molar-refractivity contribution in [3.63, 3.8) is 0 Å². The number of aromatic nitrogens is 2. The lowest BCUT2D eigenvalue weighted by atomic mass is 10.2. The molecule has 1 amide bonds. The number of rotatable bonds is 7. The maximum atomic E-state index is 13.3. The Morgan fingerprint density at radius 2 is 1.58 bits per heavy atom. The first-order valence-electron chi connectivity index (χ1n) is 10.5. The van der Waals surface area contributed by atoms with E-state index in [0.29, 0.717) is 11.3 Å². The first kappa shape index (κ1) is 23.0. The summed E-state index contributed by atoms with van der Waals surface area (Å²) >= 11 is 0. The molecule has 4 rings (SSSR count). The second kappa shape index (κ2) is 8.99. The summed E-state index contributed by atoms with van der Waals surface area (Å²) in [6.07, 6.45) is 5.63. The first-order valence-corrected chi connectivity index (χ1v) is 13.4. The molecule has 1 aliphatic carbocycles. The number of anilines is 1. The second-order valence-electron chi connectivity index (χ2n) is 7.92. The molecule has 0 bridgehead atoms. The highest BCUT2D eigenvalue weighted by Crippen LogP contribution is 2.34. The van der Waals surface area contributed by atoms with Crippen LogP contribution in [0.5, 0.6) is 0 Å². The molecule has 9 nitrogen and oxygen atoms in total. The smallest absolute Gasteiger partial charge is 0.265 e. The fourth-order valence-corrected chi connectivity index (χ4v) is 6.09. The molecule has 174 valence electrons. The summed E-state index contributed by atoms with van der Waals surface area (Å²) < 4.78 is 57.0. The molecule has 0 atom stereocenters. The lowest BCUT2D eigenvalue weighted by molar-refractivity contribution is -0.117. The van der Waals surface area contributed by atoms with Crippen LogP contribution in [-0.4, -0.2) is 32.5 Å². The van der Waals surface area contributed by atoms with Gasteiger partial charge < -0.3 is 0 Å². The number of sulfonamides is 2. The number of hydrogen-bond acceptors (Lipinski definition) is 6. The summed E-state index contributed by atoms with van der Waals surface area (Å²) in [5, 5.41) is 4.62. The number of amides is 1. The summed E-state index contributed by atoms with van der Waals surface area (Å²) in [7, 11) is -8.03. The molecule has 1 aliphatic rings. The van der Waals surface area contributed by atoms with E-state index >= 15 is 0 Å². The van der Waals surface area contributed by atoms with Crippen LogP contribution >= 0.6 is 0 Å². The van der Waals surface area contributed by atoms with Gasteiger partial charge in [-0.2, -0.15) is 5.10 Å². The highest BCUT2D eigenvalue weighted by atomic mass is 32.2. The van der Waals surface area contributed by atoms with Gasteiger partial charge in [0.25, 0.3) is 20.0 Å². The SMILES string of the molecule is CC(=O)NS(=O)(=O)c1ccc(NS(=O)(=O)c2cn(C3CCCC3)nc2-c2ccccc2)cc1. The molecule has 0 unspecified atom stereocenters. The lowest BCUT2D eigenvalue weighted by Gasteiger charge is -2.10. The summed E-state index contributed by atoms with van der Waals surface area (Å²) in [6, 6.07) is 14.4. The molecular weight excluding hydrogens is 464 g/mol. The van der Waals surface area contributed by atoms with Gasteiger partial charge in [0.05, 0.1) is 10.9 Å². The highest BCUT2D eigenvalue weighted by molar-refractivity contribution is 7.93. The molecule has 1 heterocycles. The third kappa shape index (κ3) is 5.09. The van der Waals surface area contributed by atoms with Crippen LogP contribution < -0.4 is 9.44 Å². The van der Waals surface area contributed by atoms with E-state index in [1.54, 1.807) is 10.9 Å². The van der Waals surface area contributed by atoms with E-state index in [0.717, 1.165) is 32.6 Å². The van der Waals surface area contributed by atoms with Crippen molar-refractivity contribution in [3.8, 4) is 11.3 Å². The Balaban J connectivity index is 1.66. The van der Waals surface area contributed by atoms with Crippen molar-refractivity contribution in [1.29, 1.82) is 0 Å². The number of carbonyl (C=O) groups is 1. The topological polar surface area (TPSA) is 127 Å². The van der Waals surface area contributed by atoms with Crippen molar-refractivity contribution >= 4 is 31.6 Å². The minimum absolute atomic E-state index is 0.0514. The Kier molecular flexibility index (Phi) is 6.26. The average Bonchev–Trinajstić information content (AvgIpc) is 3.44. The van der Waals surface area contributed by atoms with Crippen LogP contribution in [0.3, 0.4) is 0 Å². The summed E-state index contributed by atoms with van der Waals surface area (Å²) in [5.74, 6) is -0.715. The van der Waals surface area contributed by atoms with Crippen LogP contribution in [0.15, 0.2) is 70.6 Å². The van der Waals surface area contributed by atoms with Crippen molar-refractivity contribution in [2.24, 2.45) is 0 Å². The van der Waals surface area contributed by atoms with Crippen LogP contribution in [-0.2, 0) is 24.8 Å². The maximum Gasteiger partial charge on any atom is 0.265 e. The lowest BCUT2D eigenvalue weighted by Crippen LogP contribution is -2.28. The van der Waals surface area contributed by atoms with Crippen LogP contribution in [0.25, 0.3) is 11.3 Å². The molecule has 0 saturated heterocycles. The molecular formula is C22H24N4O5S2. The predicted octanol–water partition coefficient (Wildman–Crippen LogP) is 3.29. The molecule has 2 N–H and O–H groups in total. The van der Waals surface area contributed by atoms with Crippen molar-refractivity contribution < 1.29 is 21.6 Å². The van der Waals surface area contributed by atoms with Crippen molar-refractivity contribution in [3.05, 3.63) is 60.8 Å². The monoisotopic (exact) mass is 488 g/mol. The van der Waals surface area contributed by atoms with E-state index in [-0.39, 0.29) is 21.5 Å². The number of nitrogens with one attached hydrogen (secondary N) is 2. The zero-order valence-electron chi connectivity index (χ0n) is 17.9. The van der Waals surface area contributed by atoms with Crippen molar-refractivity contribution in [2.45, 2.75) is 48.4 Å². The molecule has 0 aliphatic heterocycles. The maximum absolute atomic E-state index is 13.3. The van der Waals surface area contributed by atoms with E-state index in [4.69, 9.17) is 0 Å². The zero-order valence-corrected chi connectivity index (χ0v) is 19.6. The van der Waals surface area contributed by atoms with Gasteiger partial charge in [0.15, 0.2) is 0 Å². The first-order chi connectivity index (χ1) is 15.7. The number of nitrogens with zero attached hydrogens (tertiary/aromatic N) is 2. The second-order valence-corrected chi connectivity index (χ2v) is 11.3. The number of benzene rings is 2. The van der Waals surface area contributed by atoms with Gasteiger partial charge in [0, 0.05) is 24.4 Å². The van der Waals surface area contributed by atoms with Gasteiger partial charge in [-0.15, -0.1) is 0 Å². The van der Waals surface area contributed by atoms with Gasteiger partial charge in [-0.25, -0.2) is 21.6 Å². The van der Waals surface area contributed by atoms with Gasteiger partial charge in [0.2, 0.25) is 5.91 Å². The van der Waals surface area contributed by atoms with Gasteiger partial charge in [-0.1, -0.05) is 43.2 Å². The molecule has 11 heteroatoms. The van der Waals surface area contributed by atoms with Crippen LogP contribution in [0.2, 0.25) is 0 Å². The third-order valence-corrected chi connectivity index (χ3v) is 8.26. The summed E-state index contributed by atoms with van der Waals surface area (Å²) in [5.41, 5.74) is 1.23. The van der Waals surface area contributed by atoms with Crippen LogP contribution in [0.1, 0.15) is 38.6 Å². The molecule has 3 aromatic rings. The van der Waals surface area contributed by atoms with Crippen LogP contribution in [0, 0.1) is 0 Å². The van der Waals surface area contributed by atoms with Gasteiger partial charge in [-0.05, 0) is 37.1 Å². The minimum Gasteiger partial charge on any atom is -0.280 e. The fourth-order valence-electron chi connectivity index (χ4n) is 3.88. The van der Waals surface area contributed by atoms with Gasteiger partial charge in [-0.3, -0.25) is 14.2 Å². The standard InChI is InChI=1S/C22H24N4O5S2/c1-16(27)24-32(28,29)20-13-11-18(12-14-20)25-33(30,31)21-15-26(19-9-5-6-10-19)23-22(21)17-7-3-2-4-8-17/h2-4,7-8,11-15,19,25H,5-6,9-10H2,1H3,(H,24,27). The number of carbonyl (C=O) groups excluding carboxylic acids is 1. The molecule has 2 aromatic carbocycles. The largest absolute Gasteiger partial charge is 0.280 e. The normalized spacial score (nSPS) is 14.8. The third-order valence-electron chi connectivity index (χ3n) is 5.43. The van der Waals surface area contributed by atoms with Crippen molar-refractivity contribution in [1.82, 2.24) is 14.5 Å². The Morgan fingerprint density at radius 3 is 2.18 bits per heavy atom. The molecule has 0 radical (unpaired) electrons.